The highest BCUT2D eigenvalue weighted by molar-refractivity contribution is 5.98. The van der Waals surface area contributed by atoms with Gasteiger partial charge in [0.15, 0.2) is 11.6 Å². The minimum absolute atomic E-state index is 0.0484. The average molecular weight is 1400 g/mol. The van der Waals surface area contributed by atoms with Crippen molar-refractivity contribution in [2.24, 2.45) is 22.7 Å². The number of halogens is 2. The Balaban J connectivity index is 0.000000284. The van der Waals surface area contributed by atoms with E-state index >= 15 is 0 Å². The summed E-state index contributed by atoms with van der Waals surface area (Å²) in [5, 5.41) is 32.1. The van der Waals surface area contributed by atoms with E-state index < -0.39 is 23.6 Å². The van der Waals surface area contributed by atoms with E-state index in [1.165, 1.54) is 49.1 Å². The first-order valence-electron chi connectivity index (χ1n) is 35.1. The van der Waals surface area contributed by atoms with Gasteiger partial charge in [-0.1, -0.05) is 27.7 Å². The molecule has 4 aliphatic rings. The maximum absolute atomic E-state index is 14.3. The molecule has 28 heteroatoms. The Morgan fingerprint density at radius 2 is 0.910 bits per heavy atom. The lowest BCUT2D eigenvalue weighted by atomic mass is 9.76. The van der Waals surface area contributed by atoms with Crippen LogP contribution in [0, 0.1) is 34.3 Å². The van der Waals surface area contributed by atoms with Crippen LogP contribution in [0.2, 0.25) is 0 Å². The number of ether oxygens (including phenoxy) is 2. The Bertz CT molecular complexity index is 3170. The predicted octanol–water partition coefficient (Wildman–Crippen LogP) is 8.51. The van der Waals surface area contributed by atoms with E-state index in [0.717, 1.165) is 130 Å². The molecule has 4 saturated heterocycles. The number of likely N-dealkylation sites (tertiary alicyclic amines) is 2. The van der Waals surface area contributed by atoms with Gasteiger partial charge >= 0.3 is 11.9 Å². The standard InChI is InChI=1S/2C34H53FN8O3.C4H4O4/c2*1-9-43(25(4)5)33(45)28-19-27(35)12-13-30(28)46-32-31(36-23-37-38-32)41-16-14-34(20-41)21-42(22-34)29(24(2)3)11-10-15-39(7)17-18-40(8)26(6)44;5-3(6)1-2-4(7)8/h2*12-13,19,23-25,29H,9-11,14-18,20-22H2,1-8H3;1-2H,(H,5,6)(H,7,8)/b;;2-1+/t2*29-;/m11./s1. The third kappa shape index (κ3) is 22.7. The van der Waals surface area contributed by atoms with Crippen LogP contribution >= 0.6 is 0 Å². The Morgan fingerprint density at radius 3 is 1.22 bits per heavy atom. The summed E-state index contributed by atoms with van der Waals surface area (Å²) in [6, 6.07) is 8.90. The smallest absolute Gasteiger partial charge is 0.328 e. The van der Waals surface area contributed by atoms with Crippen LogP contribution in [0.1, 0.15) is 142 Å². The summed E-state index contributed by atoms with van der Waals surface area (Å²) in [4.78, 5) is 99.1. The number of carboxylic acid groups (broad SMARTS) is 2. The molecule has 100 heavy (non-hydrogen) atoms. The van der Waals surface area contributed by atoms with Gasteiger partial charge in [-0.3, -0.25) is 29.0 Å². The second-order valence-electron chi connectivity index (χ2n) is 28.6. The Morgan fingerprint density at radius 1 is 0.550 bits per heavy atom. The SMILES string of the molecule is CCN(C(=O)c1cc(F)ccc1Oc1nncnc1N1CCC2(C1)CN([C@H](CCCN(C)CCN(C)C(C)=O)C(C)C)C2)C(C)C.CCN(C(=O)c1cc(F)ccc1Oc1nncnc1N1CCC2(C1)CN([C@H](CCCN(C)CCN(C)C(C)=O)C(C)C)C2)C(C)C.O=C(O)/C=C/C(=O)O. The van der Waals surface area contributed by atoms with Gasteiger partial charge in [-0.15, -0.1) is 20.4 Å². The van der Waals surface area contributed by atoms with E-state index in [4.69, 9.17) is 19.7 Å². The third-order valence-electron chi connectivity index (χ3n) is 19.6. The lowest BCUT2D eigenvalue weighted by molar-refractivity contribution is -0.134. The minimum Gasteiger partial charge on any atom is -0.478 e. The zero-order chi connectivity index (χ0) is 73.8. The van der Waals surface area contributed by atoms with Crippen LogP contribution in [-0.2, 0) is 19.2 Å². The van der Waals surface area contributed by atoms with Crippen molar-refractivity contribution in [3.63, 3.8) is 0 Å². The van der Waals surface area contributed by atoms with Gasteiger partial charge in [-0.25, -0.2) is 28.3 Å². The lowest BCUT2D eigenvalue weighted by Crippen LogP contribution is -2.62. The second-order valence-corrected chi connectivity index (χ2v) is 28.6. The van der Waals surface area contributed by atoms with Crippen LogP contribution in [-0.4, -0.2) is 272 Å². The number of aliphatic carboxylic acids is 2. The highest BCUT2D eigenvalue weighted by Gasteiger charge is 2.52. The molecule has 2 spiro atoms. The van der Waals surface area contributed by atoms with Crippen molar-refractivity contribution >= 4 is 47.2 Å². The van der Waals surface area contributed by atoms with E-state index in [9.17, 15) is 37.5 Å². The minimum atomic E-state index is -1.26. The van der Waals surface area contributed by atoms with Gasteiger partial charge in [0.2, 0.25) is 11.8 Å². The molecule has 0 radical (unpaired) electrons. The van der Waals surface area contributed by atoms with Crippen LogP contribution in [0.5, 0.6) is 23.3 Å². The van der Waals surface area contributed by atoms with Crippen LogP contribution in [0.15, 0.2) is 61.2 Å². The van der Waals surface area contributed by atoms with Gasteiger partial charge in [0.05, 0.1) is 11.1 Å². The van der Waals surface area contributed by atoms with Crippen LogP contribution in [0.4, 0.5) is 20.4 Å². The van der Waals surface area contributed by atoms with E-state index in [1.807, 2.05) is 55.6 Å². The van der Waals surface area contributed by atoms with Gasteiger partial charge in [-0.05, 0) is 155 Å². The van der Waals surface area contributed by atoms with Gasteiger partial charge < -0.3 is 58.9 Å². The molecular weight excluding hydrogens is 1290 g/mol. The van der Waals surface area contributed by atoms with Gasteiger partial charge in [0.25, 0.3) is 23.6 Å². The monoisotopic (exact) mass is 1400 g/mol. The second kappa shape index (κ2) is 37.6. The summed E-state index contributed by atoms with van der Waals surface area (Å²) in [5.74, 6) is -0.752. The molecule has 0 saturated carbocycles. The first kappa shape index (κ1) is 80.9. The summed E-state index contributed by atoms with van der Waals surface area (Å²) >= 11 is 0. The normalized spacial score (nSPS) is 16.2. The molecule has 0 bridgehead atoms. The number of amides is 4. The van der Waals surface area contributed by atoms with Crippen molar-refractivity contribution in [2.45, 2.75) is 146 Å². The van der Waals surface area contributed by atoms with Crippen molar-refractivity contribution < 1.29 is 57.2 Å². The molecule has 2 atom stereocenters. The number of carbonyl (C=O) groups excluding carboxylic acids is 4. The summed E-state index contributed by atoms with van der Waals surface area (Å²) in [6.45, 7) is 37.7. The molecule has 4 fully saturated rings. The molecule has 26 nitrogen and oxygen atoms in total. The molecular formula is C72H110F2N16O10. The van der Waals surface area contributed by atoms with E-state index in [-0.39, 0.29) is 80.9 Å². The number of carbonyl (C=O) groups is 6. The Hall–Kier alpha value is -8.08. The first-order valence-corrected chi connectivity index (χ1v) is 35.1. The molecule has 4 aromatic rings. The Labute approximate surface area is 590 Å². The van der Waals surface area contributed by atoms with Crippen molar-refractivity contribution in [3.8, 4) is 23.3 Å². The van der Waals surface area contributed by atoms with Gasteiger partial charge in [-0.2, -0.15) is 0 Å². The lowest BCUT2D eigenvalue weighted by Gasteiger charge is -2.53. The number of carboxylic acids is 2. The molecule has 6 heterocycles. The zero-order valence-corrected chi connectivity index (χ0v) is 61.9. The van der Waals surface area contributed by atoms with Crippen molar-refractivity contribution in [1.29, 1.82) is 0 Å². The third-order valence-corrected chi connectivity index (χ3v) is 19.6. The zero-order valence-electron chi connectivity index (χ0n) is 61.9. The highest BCUT2D eigenvalue weighted by Crippen LogP contribution is 2.47. The molecule has 4 aliphatic heterocycles. The topological polar surface area (TPSA) is 271 Å². The summed E-state index contributed by atoms with van der Waals surface area (Å²) < 4.78 is 41.0. The largest absolute Gasteiger partial charge is 0.478 e. The maximum atomic E-state index is 14.3. The number of aromatic nitrogens is 6. The molecule has 0 aliphatic carbocycles. The van der Waals surface area contributed by atoms with Gasteiger partial charge in [0.1, 0.15) is 35.8 Å². The molecule has 8 rings (SSSR count). The number of benzene rings is 2. The van der Waals surface area contributed by atoms with Gasteiger partial charge in [0, 0.05) is 167 Å². The van der Waals surface area contributed by atoms with E-state index in [2.05, 4.69) is 102 Å². The first-order chi connectivity index (χ1) is 47.3. The summed E-state index contributed by atoms with van der Waals surface area (Å²) in [7, 11) is 7.96. The molecule has 552 valence electrons. The maximum Gasteiger partial charge on any atom is 0.328 e. The fraction of sp³-hybridized carbons (Fsp3) is 0.639. The average Bonchev–Trinajstić information content (AvgIpc) is 1.57. The van der Waals surface area contributed by atoms with Crippen molar-refractivity contribution in [2.75, 3.05) is 143 Å². The number of rotatable bonds is 32. The van der Waals surface area contributed by atoms with Crippen molar-refractivity contribution in [3.05, 3.63) is 84.0 Å². The number of nitrogens with zero attached hydrogens (tertiary/aromatic N) is 16. The quantitative estimate of drug-likeness (QED) is 0.0434. The fourth-order valence-corrected chi connectivity index (χ4v) is 13.8. The Kier molecular flexibility index (Phi) is 30.4. The molecule has 2 aromatic carbocycles. The highest BCUT2D eigenvalue weighted by atomic mass is 19.1. The molecule has 0 unspecified atom stereocenters. The van der Waals surface area contributed by atoms with E-state index in [1.54, 1.807) is 33.4 Å². The molecule has 2 N–H and O–H groups in total. The number of anilines is 2. The number of hydrogen-bond acceptors (Lipinski definition) is 20. The fourth-order valence-electron chi connectivity index (χ4n) is 13.8. The summed E-state index contributed by atoms with van der Waals surface area (Å²) in [5.41, 5.74) is 0.654. The van der Waals surface area contributed by atoms with Crippen LogP contribution in [0.3, 0.4) is 0 Å². The number of likely N-dealkylation sites (N-methyl/N-ethyl adjacent to an activating group) is 4. The molecule has 2 aromatic heterocycles. The predicted molar refractivity (Wildman–Crippen MR) is 380 cm³/mol. The van der Waals surface area contributed by atoms with E-state index in [0.29, 0.717) is 60.8 Å². The summed E-state index contributed by atoms with van der Waals surface area (Å²) in [6.07, 6.45) is 10.6. The van der Waals surface area contributed by atoms with Crippen molar-refractivity contribution in [1.82, 2.24) is 69.6 Å². The van der Waals surface area contributed by atoms with Crippen LogP contribution in [0.25, 0.3) is 0 Å². The van der Waals surface area contributed by atoms with Crippen LogP contribution < -0.4 is 19.3 Å². The number of hydrogen-bond donors (Lipinski definition) is 2. The molecule has 4 amide bonds.